The van der Waals surface area contributed by atoms with E-state index in [4.69, 9.17) is 0 Å². The Morgan fingerprint density at radius 2 is 2.29 bits per heavy atom. The number of hydrogen-bond acceptors (Lipinski definition) is 3. The highest BCUT2D eigenvalue weighted by Gasteiger charge is 2.38. The highest BCUT2D eigenvalue weighted by Crippen LogP contribution is 2.27. The smallest absolute Gasteiger partial charge is 0.149 e. The lowest BCUT2D eigenvalue weighted by Gasteiger charge is -2.30. The molecule has 0 spiro atoms. The van der Waals surface area contributed by atoms with Gasteiger partial charge < -0.3 is 5.11 Å². The Kier molecular flexibility index (Phi) is 2.62. The summed E-state index contributed by atoms with van der Waals surface area (Å²) in [6.45, 7) is 3.41. The van der Waals surface area contributed by atoms with E-state index >= 15 is 0 Å². The fourth-order valence-corrected chi connectivity index (χ4v) is 2.60. The molecule has 2 unspecified atom stereocenters. The van der Waals surface area contributed by atoms with Gasteiger partial charge >= 0.3 is 0 Å². The third-order valence-electron chi connectivity index (χ3n) is 3.44. The Morgan fingerprint density at radius 1 is 1.50 bits per heavy atom. The van der Waals surface area contributed by atoms with Crippen LogP contribution in [0.2, 0.25) is 0 Å². The molecule has 0 aromatic carbocycles. The number of Topliss-reactive ketones (excluding diaryl/α,β-unsaturated/α-hetero) is 1. The number of hydrogen-bond donors (Lipinski definition) is 1. The molecule has 2 atom stereocenters. The van der Waals surface area contributed by atoms with Crippen molar-refractivity contribution in [3.8, 4) is 0 Å². The number of nitrogens with zero attached hydrogens (tertiary/aromatic N) is 1. The first-order chi connectivity index (χ1) is 6.58. The minimum atomic E-state index is -0.572. The maximum atomic E-state index is 11.7. The molecule has 3 nitrogen and oxygen atoms in total. The predicted octanol–water partition coefficient (Wildman–Crippen LogP) is 0.955. The van der Waals surface area contributed by atoms with Crippen molar-refractivity contribution in [3.05, 3.63) is 0 Å². The van der Waals surface area contributed by atoms with Gasteiger partial charge in [-0.15, -0.1) is 0 Å². The van der Waals surface area contributed by atoms with Crippen LogP contribution in [0, 0.1) is 0 Å². The van der Waals surface area contributed by atoms with Crippen LogP contribution in [0.5, 0.6) is 0 Å². The molecule has 2 rings (SSSR count). The van der Waals surface area contributed by atoms with E-state index in [1.165, 1.54) is 0 Å². The van der Waals surface area contributed by atoms with Crippen molar-refractivity contribution in [2.24, 2.45) is 0 Å². The molecule has 0 amide bonds. The molecule has 1 saturated heterocycles. The topological polar surface area (TPSA) is 40.5 Å². The van der Waals surface area contributed by atoms with Crippen LogP contribution in [0.4, 0.5) is 0 Å². The van der Waals surface area contributed by atoms with Crippen LogP contribution in [0.15, 0.2) is 0 Å². The summed E-state index contributed by atoms with van der Waals surface area (Å²) < 4.78 is 0. The molecule has 2 fully saturated rings. The van der Waals surface area contributed by atoms with E-state index < -0.39 is 5.60 Å². The van der Waals surface area contributed by atoms with Crippen molar-refractivity contribution in [1.82, 2.24) is 4.90 Å². The summed E-state index contributed by atoms with van der Waals surface area (Å²) in [4.78, 5) is 13.8. The molecule has 14 heavy (non-hydrogen) atoms. The van der Waals surface area contributed by atoms with Crippen LogP contribution in [-0.2, 0) is 4.79 Å². The van der Waals surface area contributed by atoms with E-state index in [9.17, 15) is 9.90 Å². The summed E-state index contributed by atoms with van der Waals surface area (Å²) in [5.41, 5.74) is -0.572. The lowest BCUT2D eigenvalue weighted by atomic mass is 9.93. The van der Waals surface area contributed by atoms with Crippen molar-refractivity contribution < 1.29 is 9.90 Å². The molecule has 0 bridgehead atoms. The minimum absolute atomic E-state index is 0.109. The maximum absolute atomic E-state index is 11.7. The number of β-amino-alcohol motifs (C(OH)–C–C–N with tert-alkyl or cyclic N) is 1. The van der Waals surface area contributed by atoms with Gasteiger partial charge in [-0.3, -0.25) is 9.69 Å². The van der Waals surface area contributed by atoms with E-state index in [-0.39, 0.29) is 6.04 Å². The molecule has 3 heteroatoms. The first kappa shape index (κ1) is 10.1. The van der Waals surface area contributed by atoms with Gasteiger partial charge in [0, 0.05) is 19.5 Å². The molecule has 1 aliphatic heterocycles. The standard InChI is InChI=1S/C11H19NO2/c1-11(14)6-7-12(8-11)9-4-2-3-5-10(9)13/h9,14H,2-8H2,1H3. The quantitative estimate of drug-likeness (QED) is 0.680. The lowest BCUT2D eigenvalue weighted by Crippen LogP contribution is -2.43. The van der Waals surface area contributed by atoms with Crippen LogP contribution >= 0.6 is 0 Å². The third-order valence-corrected chi connectivity index (χ3v) is 3.44. The largest absolute Gasteiger partial charge is 0.389 e. The second-order valence-corrected chi connectivity index (χ2v) is 4.95. The second-order valence-electron chi connectivity index (χ2n) is 4.95. The van der Waals surface area contributed by atoms with Gasteiger partial charge in [-0.2, -0.15) is 0 Å². The number of rotatable bonds is 1. The third kappa shape index (κ3) is 1.98. The number of carbonyl (C=O) groups is 1. The Morgan fingerprint density at radius 3 is 2.86 bits per heavy atom. The zero-order chi connectivity index (χ0) is 10.2. The molecule has 80 valence electrons. The molecule has 1 N–H and O–H groups in total. The summed E-state index contributed by atoms with van der Waals surface area (Å²) in [5, 5.41) is 9.83. The second kappa shape index (κ2) is 3.63. The fraction of sp³-hybridized carbons (Fsp3) is 0.909. The summed E-state index contributed by atoms with van der Waals surface area (Å²) >= 11 is 0. The van der Waals surface area contributed by atoms with Crippen molar-refractivity contribution in [2.45, 2.75) is 50.7 Å². The molecular formula is C11H19NO2. The van der Waals surface area contributed by atoms with Crippen molar-refractivity contribution in [1.29, 1.82) is 0 Å². The number of carbonyl (C=O) groups excluding carboxylic acids is 1. The zero-order valence-electron chi connectivity index (χ0n) is 8.83. The van der Waals surface area contributed by atoms with Crippen LogP contribution < -0.4 is 0 Å². The van der Waals surface area contributed by atoms with Crippen LogP contribution in [0.25, 0.3) is 0 Å². The Balaban J connectivity index is 1.98. The van der Waals surface area contributed by atoms with Crippen molar-refractivity contribution in [3.63, 3.8) is 0 Å². The van der Waals surface area contributed by atoms with Gasteiger partial charge in [-0.1, -0.05) is 6.42 Å². The molecule has 1 heterocycles. The van der Waals surface area contributed by atoms with Crippen LogP contribution in [0.1, 0.15) is 39.0 Å². The summed E-state index contributed by atoms with van der Waals surface area (Å²) in [5.74, 6) is 0.383. The van der Waals surface area contributed by atoms with Gasteiger partial charge in [0.05, 0.1) is 11.6 Å². The van der Waals surface area contributed by atoms with E-state index in [1.807, 2.05) is 6.92 Å². The Bertz CT molecular complexity index is 237. The highest BCUT2D eigenvalue weighted by molar-refractivity contribution is 5.84. The van der Waals surface area contributed by atoms with E-state index in [0.29, 0.717) is 12.3 Å². The Labute approximate surface area is 85.1 Å². The molecule has 1 aliphatic carbocycles. The number of aliphatic hydroxyl groups is 1. The van der Waals surface area contributed by atoms with Gasteiger partial charge in [0.2, 0.25) is 0 Å². The monoisotopic (exact) mass is 197 g/mol. The summed E-state index contributed by atoms with van der Waals surface area (Å²) in [6.07, 6.45) is 4.75. The van der Waals surface area contributed by atoms with Gasteiger partial charge in [0.25, 0.3) is 0 Å². The average Bonchev–Trinajstić information content (AvgIpc) is 2.47. The lowest BCUT2D eigenvalue weighted by molar-refractivity contribution is -0.126. The average molecular weight is 197 g/mol. The maximum Gasteiger partial charge on any atom is 0.149 e. The van der Waals surface area contributed by atoms with Crippen LogP contribution in [0.3, 0.4) is 0 Å². The zero-order valence-corrected chi connectivity index (χ0v) is 8.83. The molecule has 0 radical (unpaired) electrons. The van der Waals surface area contributed by atoms with Crippen molar-refractivity contribution in [2.75, 3.05) is 13.1 Å². The van der Waals surface area contributed by atoms with E-state index in [1.54, 1.807) is 0 Å². The Hall–Kier alpha value is -0.410. The normalized spacial score (nSPS) is 40.4. The molecule has 1 saturated carbocycles. The predicted molar refractivity (Wildman–Crippen MR) is 54.1 cm³/mol. The molecular weight excluding hydrogens is 178 g/mol. The van der Waals surface area contributed by atoms with Gasteiger partial charge in [-0.25, -0.2) is 0 Å². The van der Waals surface area contributed by atoms with Gasteiger partial charge in [0.15, 0.2) is 0 Å². The highest BCUT2D eigenvalue weighted by atomic mass is 16.3. The number of ketones is 1. The SMILES string of the molecule is CC1(O)CCN(C2CCCCC2=O)C1. The van der Waals surface area contributed by atoms with Gasteiger partial charge in [-0.05, 0) is 26.2 Å². The summed E-state index contributed by atoms with van der Waals surface area (Å²) in [7, 11) is 0. The van der Waals surface area contributed by atoms with Crippen molar-refractivity contribution >= 4 is 5.78 Å². The van der Waals surface area contributed by atoms with E-state index in [2.05, 4.69) is 4.90 Å². The first-order valence-electron chi connectivity index (χ1n) is 5.58. The van der Waals surface area contributed by atoms with Gasteiger partial charge in [0.1, 0.15) is 5.78 Å². The first-order valence-corrected chi connectivity index (χ1v) is 5.58. The molecule has 0 aromatic rings. The minimum Gasteiger partial charge on any atom is -0.389 e. The molecule has 0 aromatic heterocycles. The molecule has 2 aliphatic rings. The number of likely N-dealkylation sites (tertiary alicyclic amines) is 1. The fourth-order valence-electron chi connectivity index (χ4n) is 2.60. The summed E-state index contributed by atoms with van der Waals surface area (Å²) in [6, 6.07) is 0.109. The van der Waals surface area contributed by atoms with E-state index in [0.717, 1.165) is 38.6 Å². The van der Waals surface area contributed by atoms with Crippen LogP contribution in [-0.4, -0.2) is 40.5 Å².